The lowest BCUT2D eigenvalue weighted by Crippen LogP contribution is -2.44. The van der Waals surface area contributed by atoms with Crippen LogP contribution >= 0.6 is 0 Å². The van der Waals surface area contributed by atoms with Crippen LogP contribution in [0, 0.1) is 6.92 Å². The Morgan fingerprint density at radius 1 is 1.02 bits per heavy atom. The number of ether oxygens (including phenoxy) is 1. The van der Waals surface area contributed by atoms with Gasteiger partial charge in [0.1, 0.15) is 17.9 Å². The van der Waals surface area contributed by atoms with Crippen molar-refractivity contribution in [3.05, 3.63) is 83.6 Å². The van der Waals surface area contributed by atoms with E-state index in [1.54, 1.807) is 30.5 Å². The van der Waals surface area contributed by atoms with Gasteiger partial charge in [0, 0.05) is 44.4 Å². The zero-order valence-electron chi connectivity index (χ0n) is 23.4. The first-order valence-corrected chi connectivity index (χ1v) is 13.5. The number of alkyl halides is 3. The number of halogens is 3. The molecule has 1 fully saturated rings. The molecule has 0 radical (unpaired) electrons. The molecule has 4 aromatic rings. The molecule has 9 nitrogen and oxygen atoms in total. The second kappa shape index (κ2) is 12.1. The van der Waals surface area contributed by atoms with Crippen LogP contribution in [0.3, 0.4) is 0 Å². The number of amides is 1. The predicted octanol–water partition coefficient (Wildman–Crippen LogP) is 5.62. The van der Waals surface area contributed by atoms with Crippen molar-refractivity contribution in [2.75, 3.05) is 43.4 Å². The van der Waals surface area contributed by atoms with Crippen LogP contribution in [0.5, 0.6) is 11.6 Å². The Hall–Kier alpha value is -4.58. The Labute approximate surface area is 241 Å². The number of hydrogen-bond donors (Lipinski definition) is 1. The zero-order chi connectivity index (χ0) is 29.9. The topological polar surface area (TPSA) is 96.4 Å². The molecule has 12 heteroatoms. The molecule has 3 heterocycles. The van der Waals surface area contributed by atoms with Gasteiger partial charge in [0.05, 0.1) is 22.5 Å². The molecule has 0 atom stereocenters. The number of anilines is 2. The number of aryl methyl sites for hydroxylation is 2. The normalized spacial score (nSPS) is 14.1. The molecule has 0 unspecified atom stereocenters. The van der Waals surface area contributed by atoms with E-state index in [1.165, 1.54) is 18.5 Å². The van der Waals surface area contributed by atoms with Gasteiger partial charge in [-0.2, -0.15) is 13.2 Å². The fraction of sp³-hybridized carbons (Fsp3) is 0.300. The number of nitrogens with one attached hydrogen (secondary N) is 1. The van der Waals surface area contributed by atoms with E-state index < -0.39 is 17.6 Å². The molecule has 42 heavy (non-hydrogen) atoms. The highest BCUT2D eigenvalue weighted by Crippen LogP contribution is 2.37. The molecule has 0 spiro atoms. The van der Waals surface area contributed by atoms with Gasteiger partial charge in [-0.25, -0.2) is 19.9 Å². The van der Waals surface area contributed by atoms with E-state index in [0.717, 1.165) is 30.8 Å². The molecule has 1 amide bonds. The smallest absolute Gasteiger partial charge is 0.416 e. The predicted molar refractivity (Wildman–Crippen MR) is 153 cm³/mol. The number of carbonyl (C=O) groups excluding carboxylic acids is 1. The largest absolute Gasteiger partial charge is 0.438 e. The van der Waals surface area contributed by atoms with Crippen LogP contribution in [0.1, 0.15) is 34.2 Å². The first-order chi connectivity index (χ1) is 20.1. The van der Waals surface area contributed by atoms with E-state index in [4.69, 9.17) is 4.74 Å². The van der Waals surface area contributed by atoms with Crippen molar-refractivity contribution in [3.8, 4) is 23.0 Å². The van der Waals surface area contributed by atoms with Crippen LogP contribution in [0.25, 0.3) is 11.4 Å². The van der Waals surface area contributed by atoms with E-state index >= 15 is 0 Å². The fourth-order valence-corrected chi connectivity index (χ4v) is 4.56. The van der Waals surface area contributed by atoms with E-state index in [1.807, 2.05) is 25.8 Å². The minimum atomic E-state index is -4.55. The Morgan fingerprint density at radius 3 is 2.55 bits per heavy atom. The Morgan fingerprint density at radius 2 is 1.81 bits per heavy atom. The molecule has 1 aliphatic rings. The number of aromatic nitrogens is 4. The van der Waals surface area contributed by atoms with Crippen molar-refractivity contribution >= 4 is 17.3 Å². The Bertz CT molecular complexity index is 1590. The molecular formula is C30H30F3N7O2. The lowest BCUT2D eigenvalue weighted by atomic mass is 10.1. The highest BCUT2D eigenvalue weighted by Gasteiger charge is 2.32. The first kappa shape index (κ1) is 28.9. The van der Waals surface area contributed by atoms with Gasteiger partial charge in [-0.1, -0.05) is 13.0 Å². The third kappa shape index (κ3) is 6.49. The van der Waals surface area contributed by atoms with E-state index in [-0.39, 0.29) is 17.1 Å². The van der Waals surface area contributed by atoms with Crippen molar-refractivity contribution in [1.82, 2.24) is 24.8 Å². The fourth-order valence-electron chi connectivity index (χ4n) is 4.56. The maximum Gasteiger partial charge on any atom is 0.416 e. The first-order valence-electron chi connectivity index (χ1n) is 13.5. The third-order valence-electron chi connectivity index (χ3n) is 7.02. The van der Waals surface area contributed by atoms with Gasteiger partial charge in [-0.3, -0.25) is 4.79 Å². The van der Waals surface area contributed by atoms with Crippen LogP contribution in [0.15, 0.2) is 61.1 Å². The van der Waals surface area contributed by atoms with Gasteiger partial charge in [0.2, 0.25) is 5.88 Å². The second-order valence-electron chi connectivity index (χ2n) is 9.99. The van der Waals surface area contributed by atoms with Gasteiger partial charge in [-0.15, -0.1) is 0 Å². The maximum atomic E-state index is 13.6. The molecule has 0 bridgehead atoms. The highest BCUT2D eigenvalue weighted by molar-refractivity contribution is 6.06. The van der Waals surface area contributed by atoms with Gasteiger partial charge in [-0.05, 0) is 62.0 Å². The van der Waals surface area contributed by atoms with Crippen molar-refractivity contribution < 1.29 is 22.7 Å². The molecule has 1 aliphatic heterocycles. The summed E-state index contributed by atoms with van der Waals surface area (Å²) in [5.74, 6) is 1.05. The zero-order valence-corrected chi connectivity index (χ0v) is 23.4. The number of likely N-dealkylation sites (N-methyl/N-ethyl adjacent to an activating group) is 1. The van der Waals surface area contributed by atoms with E-state index in [0.29, 0.717) is 48.2 Å². The number of rotatable bonds is 7. The quantitative estimate of drug-likeness (QED) is 0.303. The van der Waals surface area contributed by atoms with E-state index in [9.17, 15) is 18.0 Å². The number of hydrogen-bond acceptors (Lipinski definition) is 8. The van der Waals surface area contributed by atoms with Crippen molar-refractivity contribution in [3.63, 3.8) is 0 Å². The molecule has 2 aromatic carbocycles. The summed E-state index contributed by atoms with van der Waals surface area (Å²) >= 11 is 0. The Kier molecular flexibility index (Phi) is 8.34. The van der Waals surface area contributed by atoms with Gasteiger partial charge >= 0.3 is 6.18 Å². The van der Waals surface area contributed by atoms with Gasteiger partial charge in [0.25, 0.3) is 5.91 Å². The summed E-state index contributed by atoms with van der Waals surface area (Å²) in [6, 6.07) is 11.8. The SMILES string of the molecule is CCc1ncnc(-c2cccnc2Oc2cc(C(=O)Nc3cc(C(F)(F)F)ccc3N3CCN(C)CC3)ccc2C)n1. The van der Waals surface area contributed by atoms with Crippen molar-refractivity contribution in [1.29, 1.82) is 0 Å². The molecule has 1 N–H and O–H groups in total. The third-order valence-corrected chi connectivity index (χ3v) is 7.02. The summed E-state index contributed by atoms with van der Waals surface area (Å²) in [5, 5.41) is 2.72. The van der Waals surface area contributed by atoms with Crippen LogP contribution in [0.4, 0.5) is 24.5 Å². The number of nitrogens with zero attached hydrogens (tertiary/aromatic N) is 6. The van der Waals surface area contributed by atoms with E-state index in [2.05, 4.69) is 30.2 Å². The summed E-state index contributed by atoms with van der Waals surface area (Å²) in [5.41, 5.74) is 1.28. The molecule has 0 saturated carbocycles. The number of pyridine rings is 1. The van der Waals surface area contributed by atoms with Crippen LogP contribution < -0.4 is 15.0 Å². The lowest BCUT2D eigenvalue weighted by Gasteiger charge is -2.35. The summed E-state index contributed by atoms with van der Waals surface area (Å²) in [6.45, 7) is 6.52. The van der Waals surface area contributed by atoms with Gasteiger partial charge < -0.3 is 19.9 Å². The lowest BCUT2D eigenvalue weighted by molar-refractivity contribution is -0.137. The Balaban J connectivity index is 1.43. The average molecular weight is 578 g/mol. The summed E-state index contributed by atoms with van der Waals surface area (Å²) < 4.78 is 46.9. The second-order valence-corrected chi connectivity index (χ2v) is 9.99. The molecule has 1 saturated heterocycles. The summed E-state index contributed by atoms with van der Waals surface area (Å²) in [6.07, 6.45) is -0.926. The number of benzene rings is 2. The standard InChI is InChI=1S/C30H30F3N7O2/c1-4-26-35-18-36-27(38-26)22-6-5-11-34-29(22)42-25-16-20(8-7-19(25)2)28(41)37-23-17-21(30(31,32)33)9-10-24(23)40-14-12-39(3)13-15-40/h5-11,16-18H,4,12-15H2,1-3H3,(H,37,41). The number of piperazine rings is 1. The van der Waals surface area contributed by atoms with Crippen LogP contribution in [-0.2, 0) is 12.6 Å². The average Bonchev–Trinajstić information content (AvgIpc) is 2.98. The van der Waals surface area contributed by atoms with Crippen LogP contribution in [-0.4, -0.2) is 64.0 Å². The minimum absolute atomic E-state index is 0.0935. The molecular weight excluding hydrogens is 547 g/mol. The highest BCUT2D eigenvalue weighted by atomic mass is 19.4. The molecule has 5 rings (SSSR count). The molecule has 2 aromatic heterocycles. The molecule has 0 aliphatic carbocycles. The van der Waals surface area contributed by atoms with Crippen LogP contribution in [0.2, 0.25) is 0 Å². The van der Waals surface area contributed by atoms with Gasteiger partial charge in [0.15, 0.2) is 5.82 Å². The molecule has 218 valence electrons. The van der Waals surface area contributed by atoms with Crippen molar-refractivity contribution in [2.24, 2.45) is 0 Å². The minimum Gasteiger partial charge on any atom is -0.438 e. The number of carbonyl (C=O) groups is 1. The summed E-state index contributed by atoms with van der Waals surface area (Å²) in [7, 11) is 1.99. The monoisotopic (exact) mass is 577 g/mol. The van der Waals surface area contributed by atoms with Crippen molar-refractivity contribution in [2.45, 2.75) is 26.4 Å². The maximum absolute atomic E-state index is 13.6. The summed E-state index contributed by atoms with van der Waals surface area (Å²) in [4.78, 5) is 34.8.